The quantitative estimate of drug-likeness (QED) is 0.886. The third-order valence-electron chi connectivity index (χ3n) is 5.27. The SMILES string of the molecule is COC(=O)N1CCCc2cc(NC(=O)[C@H]3CCCC[C@H]3C(=O)[O-])ccc21. The molecule has 2 atom stereocenters. The smallest absolute Gasteiger partial charge is 0.414 e. The van der Waals surface area contributed by atoms with Crippen LogP contribution in [0.1, 0.15) is 37.7 Å². The molecule has 0 spiro atoms. The zero-order chi connectivity index (χ0) is 18.7. The highest BCUT2D eigenvalue weighted by Gasteiger charge is 2.32. The Balaban J connectivity index is 1.75. The van der Waals surface area contributed by atoms with Crippen LogP contribution in [0.4, 0.5) is 16.2 Å². The fraction of sp³-hybridized carbons (Fsp3) is 0.526. The van der Waals surface area contributed by atoms with Crippen molar-refractivity contribution in [1.29, 1.82) is 0 Å². The standard InChI is InChI=1S/C19H24N2O5/c1-26-19(25)21-10-4-5-12-11-13(8-9-16(12)21)20-17(22)14-6-2-3-7-15(14)18(23)24/h8-9,11,14-15H,2-7,10H2,1H3,(H,20,22)(H,23,24)/p-1/t14-,15+/m0/s1. The van der Waals surface area contributed by atoms with Gasteiger partial charge in [-0.2, -0.15) is 0 Å². The number of carbonyl (C=O) groups excluding carboxylic acids is 3. The molecule has 1 fully saturated rings. The Morgan fingerprint density at radius 2 is 1.88 bits per heavy atom. The molecule has 140 valence electrons. The molecule has 0 radical (unpaired) electrons. The lowest BCUT2D eigenvalue weighted by Gasteiger charge is -2.31. The number of benzene rings is 1. The van der Waals surface area contributed by atoms with E-state index in [1.54, 1.807) is 17.0 Å². The van der Waals surface area contributed by atoms with E-state index in [4.69, 9.17) is 4.74 Å². The van der Waals surface area contributed by atoms with Gasteiger partial charge in [-0.1, -0.05) is 12.8 Å². The molecule has 0 bridgehead atoms. The molecule has 0 saturated heterocycles. The number of fused-ring (bicyclic) bond motifs is 1. The van der Waals surface area contributed by atoms with Gasteiger partial charge in [0.05, 0.1) is 12.8 Å². The Kier molecular flexibility index (Phi) is 5.44. The number of aliphatic carboxylic acids is 1. The molecule has 1 saturated carbocycles. The highest BCUT2D eigenvalue weighted by molar-refractivity contribution is 5.96. The van der Waals surface area contributed by atoms with Gasteiger partial charge in [0.25, 0.3) is 0 Å². The van der Waals surface area contributed by atoms with Crippen molar-refractivity contribution in [3.63, 3.8) is 0 Å². The second-order valence-electron chi connectivity index (χ2n) is 6.87. The van der Waals surface area contributed by atoms with E-state index in [1.165, 1.54) is 7.11 Å². The average Bonchev–Trinajstić information content (AvgIpc) is 2.66. The van der Waals surface area contributed by atoms with E-state index in [9.17, 15) is 19.5 Å². The van der Waals surface area contributed by atoms with Gasteiger partial charge in [-0.25, -0.2) is 4.79 Å². The van der Waals surface area contributed by atoms with Crippen LogP contribution in [0.25, 0.3) is 0 Å². The van der Waals surface area contributed by atoms with Crippen LogP contribution in [0.15, 0.2) is 18.2 Å². The number of nitrogens with zero attached hydrogens (tertiary/aromatic N) is 1. The van der Waals surface area contributed by atoms with Gasteiger partial charge in [-0.15, -0.1) is 0 Å². The zero-order valence-corrected chi connectivity index (χ0v) is 14.8. The third kappa shape index (κ3) is 3.66. The molecule has 1 aromatic carbocycles. The minimum Gasteiger partial charge on any atom is -0.550 e. The van der Waals surface area contributed by atoms with Crippen LogP contribution in [0.2, 0.25) is 0 Å². The van der Waals surface area contributed by atoms with Gasteiger partial charge in [0, 0.05) is 30.0 Å². The molecule has 1 aromatic rings. The molecule has 0 unspecified atom stereocenters. The minimum absolute atomic E-state index is 0.278. The Morgan fingerprint density at radius 1 is 1.15 bits per heavy atom. The molecule has 7 nitrogen and oxygen atoms in total. The second-order valence-corrected chi connectivity index (χ2v) is 6.87. The molecule has 1 N–H and O–H groups in total. The number of amides is 2. The number of carbonyl (C=O) groups is 3. The number of rotatable bonds is 3. The van der Waals surface area contributed by atoms with Crippen LogP contribution < -0.4 is 15.3 Å². The third-order valence-corrected chi connectivity index (χ3v) is 5.27. The lowest BCUT2D eigenvalue weighted by molar-refractivity contribution is -0.313. The Morgan fingerprint density at radius 3 is 2.58 bits per heavy atom. The topological polar surface area (TPSA) is 98.8 Å². The van der Waals surface area contributed by atoms with E-state index >= 15 is 0 Å². The van der Waals surface area contributed by atoms with Crippen molar-refractivity contribution in [3.05, 3.63) is 23.8 Å². The molecule has 1 heterocycles. The maximum Gasteiger partial charge on any atom is 0.414 e. The number of hydrogen-bond donors (Lipinski definition) is 1. The molecule has 1 aliphatic carbocycles. The number of aryl methyl sites for hydroxylation is 1. The first-order chi connectivity index (χ1) is 12.5. The predicted molar refractivity (Wildman–Crippen MR) is 93.6 cm³/mol. The largest absolute Gasteiger partial charge is 0.550 e. The van der Waals surface area contributed by atoms with Gasteiger partial charge in [0.1, 0.15) is 0 Å². The number of ether oxygens (including phenoxy) is 1. The van der Waals surface area contributed by atoms with Crippen molar-refractivity contribution < 1.29 is 24.2 Å². The first-order valence-electron chi connectivity index (χ1n) is 9.01. The molecule has 26 heavy (non-hydrogen) atoms. The van der Waals surface area contributed by atoms with Crippen molar-refractivity contribution in [3.8, 4) is 0 Å². The molecule has 7 heteroatoms. The van der Waals surface area contributed by atoms with Crippen molar-refractivity contribution in [2.45, 2.75) is 38.5 Å². The Bertz CT molecular complexity index is 718. The molecular weight excluding hydrogens is 336 g/mol. The van der Waals surface area contributed by atoms with Crippen LogP contribution in [-0.4, -0.2) is 31.6 Å². The summed E-state index contributed by atoms with van der Waals surface area (Å²) in [5, 5.41) is 14.1. The monoisotopic (exact) mass is 359 g/mol. The summed E-state index contributed by atoms with van der Waals surface area (Å²) in [5.41, 5.74) is 2.36. The summed E-state index contributed by atoms with van der Waals surface area (Å²) in [6.45, 7) is 0.598. The maximum atomic E-state index is 12.6. The van der Waals surface area contributed by atoms with Gasteiger partial charge in [0.2, 0.25) is 5.91 Å². The van der Waals surface area contributed by atoms with Crippen molar-refractivity contribution in [2.75, 3.05) is 23.9 Å². The first kappa shape index (κ1) is 18.2. The van der Waals surface area contributed by atoms with E-state index in [2.05, 4.69) is 5.32 Å². The molecule has 0 aromatic heterocycles. The van der Waals surface area contributed by atoms with Gasteiger partial charge in [-0.05, 0) is 49.4 Å². The summed E-state index contributed by atoms with van der Waals surface area (Å²) in [5.74, 6) is -2.71. The number of hydrogen-bond acceptors (Lipinski definition) is 5. The lowest BCUT2D eigenvalue weighted by Crippen LogP contribution is -2.42. The van der Waals surface area contributed by atoms with Gasteiger partial charge in [0.15, 0.2) is 0 Å². The minimum atomic E-state index is -1.15. The summed E-state index contributed by atoms with van der Waals surface area (Å²) in [7, 11) is 1.35. The van der Waals surface area contributed by atoms with Crippen LogP contribution >= 0.6 is 0 Å². The second kappa shape index (κ2) is 7.76. The van der Waals surface area contributed by atoms with E-state index < -0.39 is 23.9 Å². The lowest BCUT2D eigenvalue weighted by atomic mass is 9.78. The Labute approximate surface area is 152 Å². The fourth-order valence-electron chi connectivity index (χ4n) is 3.94. The van der Waals surface area contributed by atoms with E-state index in [-0.39, 0.29) is 5.91 Å². The number of methoxy groups -OCH3 is 1. The zero-order valence-electron chi connectivity index (χ0n) is 14.8. The van der Waals surface area contributed by atoms with Gasteiger partial charge < -0.3 is 20.0 Å². The molecule has 2 amide bonds. The predicted octanol–water partition coefficient (Wildman–Crippen LogP) is 1.70. The molecule has 2 aliphatic rings. The van der Waals surface area contributed by atoms with Crippen LogP contribution in [0.3, 0.4) is 0 Å². The highest BCUT2D eigenvalue weighted by atomic mass is 16.5. The maximum absolute atomic E-state index is 12.6. The van der Waals surface area contributed by atoms with Crippen molar-refractivity contribution in [1.82, 2.24) is 0 Å². The van der Waals surface area contributed by atoms with E-state index in [1.807, 2.05) is 6.07 Å². The van der Waals surface area contributed by atoms with Gasteiger partial charge >= 0.3 is 6.09 Å². The number of nitrogens with one attached hydrogen (secondary N) is 1. The number of anilines is 2. The summed E-state index contributed by atoms with van der Waals surface area (Å²) in [4.78, 5) is 37.3. The van der Waals surface area contributed by atoms with Crippen LogP contribution in [0, 0.1) is 11.8 Å². The molecule has 3 rings (SSSR count). The molecule has 1 aliphatic heterocycles. The summed E-state index contributed by atoms with van der Waals surface area (Å²) >= 11 is 0. The Hall–Kier alpha value is -2.57. The van der Waals surface area contributed by atoms with Crippen LogP contribution in [0.5, 0.6) is 0 Å². The van der Waals surface area contributed by atoms with E-state index in [0.717, 1.165) is 36.9 Å². The summed E-state index contributed by atoms with van der Waals surface area (Å²) < 4.78 is 4.81. The van der Waals surface area contributed by atoms with Crippen molar-refractivity contribution in [2.24, 2.45) is 11.8 Å². The summed E-state index contributed by atoms with van der Waals surface area (Å²) in [6, 6.07) is 5.37. The fourth-order valence-corrected chi connectivity index (χ4v) is 3.94. The average molecular weight is 359 g/mol. The summed E-state index contributed by atoms with van der Waals surface area (Å²) in [6.07, 6.45) is 3.92. The normalized spacial score (nSPS) is 22.3. The van der Waals surface area contributed by atoms with Crippen molar-refractivity contribution >= 4 is 29.3 Å². The first-order valence-corrected chi connectivity index (χ1v) is 9.01. The van der Waals surface area contributed by atoms with Crippen LogP contribution in [-0.2, 0) is 20.7 Å². The van der Waals surface area contributed by atoms with Gasteiger partial charge in [-0.3, -0.25) is 9.69 Å². The molecular formula is C19H23N2O5-. The highest BCUT2D eigenvalue weighted by Crippen LogP contribution is 2.33. The number of carboxylic acids is 1. The van der Waals surface area contributed by atoms with E-state index in [0.29, 0.717) is 25.1 Å². The number of carboxylic acid groups (broad SMARTS) is 1.